The number of carboxylic acid groups (broad SMARTS) is 1. The van der Waals surface area contributed by atoms with Crippen LogP contribution in [0, 0.1) is 0 Å². The highest BCUT2D eigenvalue weighted by atomic mass is 16.5. The van der Waals surface area contributed by atoms with Crippen LogP contribution in [0.15, 0.2) is 18.2 Å². The Morgan fingerprint density at radius 2 is 2.11 bits per heavy atom. The number of rotatable bonds is 6. The summed E-state index contributed by atoms with van der Waals surface area (Å²) in [5.41, 5.74) is 7.31. The van der Waals surface area contributed by atoms with Crippen LogP contribution >= 0.6 is 0 Å². The quantitative estimate of drug-likeness (QED) is 0.814. The van der Waals surface area contributed by atoms with Crippen molar-refractivity contribution in [3.63, 3.8) is 0 Å². The summed E-state index contributed by atoms with van der Waals surface area (Å²) in [6, 6.07) is 5.71. The average Bonchev–Trinajstić information content (AvgIpc) is 2.34. The van der Waals surface area contributed by atoms with Gasteiger partial charge in [-0.1, -0.05) is 26.0 Å². The van der Waals surface area contributed by atoms with E-state index in [0.29, 0.717) is 30.2 Å². The van der Waals surface area contributed by atoms with Crippen molar-refractivity contribution in [2.45, 2.75) is 32.1 Å². The Morgan fingerprint density at radius 3 is 2.56 bits per heavy atom. The summed E-state index contributed by atoms with van der Waals surface area (Å²) in [6.07, 6.45) is 0.410. The molecule has 100 valence electrons. The zero-order chi connectivity index (χ0) is 13.7. The molecule has 0 aliphatic heterocycles. The van der Waals surface area contributed by atoms with Crippen LogP contribution < -0.4 is 10.5 Å². The third-order valence-corrected chi connectivity index (χ3v) is 3.05. The number of ether oxygens (including phenoxy) is 1. The zero-order valence-electron chi connectivity index (χ0n) is 11.1. The minimum atomic E-state index is -0.861. The van der Waals surface area contributed by atoms with Gasteiger partial charge in [-0.3, -0.25) is 4.79 Å². The maximum absolute atomic E-state index is 11.3. The number of benzene rings is 1. The van der Waals surface area contributed by atoms with Crippen molar-refractivity contribution in [1.82, 2.24) is 0 Å². The van der Waals surface area contributed by atoms with Gasteiger partial charge in [0.05, 0.1) is 13.0 Å². The van der Waals surface area contributed by atoms with Gasteiger partial charge in [0.1, 0.15) is 5.75 Å². The lowest BCUT2D eigenvalue weighted by Crippen LogP contribution is -2.17. The smallest absolute Gasteiger partial charge is 0.311 e. The summed E-state index contributed by atoms with van der Waals surface area (Å²) >= 11 is 0. The number of nitrogens with two attached hydrogens (primary N) is 1. The summed E-state index contributed by atoms with van der Waals surface area (Å²) in [5, 5.41) is 9.30. The molecule has 0 saturated heterocycles. The van der Waals surface area contributed by atoms with E-state index in [-0.39, 0.29) is 0 Å². The number of carbonyl (C=O) groups is 1. The first kappa shape index (κ1) is 14.5. The molecule has 3 N–H and O–H groups in total. The summed E-state index contributed by atoms with van der Waals surface area (Å²) in [4.78, 5) is 11.3. The molecule has 0 heterocycles. The fourth-order valence-corrected chi connectivity index (χ4v) is 1.96. The lowest BCUT2D eigenvalue weighted by molar-refractivity contribution is -0.138. The molecule has 4 nitrogen and oxygen atoms in total. The third-order valence-electron chi connectivity index (χ3n) is 3.05. The van der Waals surface area contributed by atoms with Crippen LogP contribution in [-0.2, 0) is 4.79 Å². The van der Waals surface area contributed by atoms with Crippen LogP contribution in [0.4, 0.5) is 0 Å². The van der Waals surface area contributed by atoms with E-state index < -0.39 is 11.9 Å². The Balaban J connectivity index is 3.24. The Bertz CT molecular complexity index is 416. The zero-order valence-corrected chi connectivity index (χ0v) is 11.1. The second-order valence-electron chi connectivity index (χ2n) is 4.62. The maximum atomic E-state index is 11.3. The van der Waals surface area contributed by atoms with Crippen molar-refractivity contribution in [1.29, 1.82) is 0 Å². The van der Waals surface area contributed by atoms with Crippen molar-refractivity contribution in [3.8, 4) is 5.75 Å². The van der Waals surface area contributed by atoms with Crippen molar-refractivity contribution in [3.05, 3.63) is 29.3 Å². The van der Waals surface area contributed by atoms with Crippen LogP contribution in [0.2, 0.25) is 0 Å². The lowest BCUT2D eigenvalue weighted by Gasteiger charge is -2.18. The number of carboxylic acids is 1. The van der Waals surface area contributed by atoms with E-state index in [1.807, 2.05) is 18.2 Å². The second-order valence-corrected chi connectivity index (χ2v) is 4.62. The molecule has 0 aliphatic rings. The van der Waals surface area contributed by atoms with Gasteiger partial charge in [-0.15, -0.1) is 0 Å². The van der Waals surface area contributed by atoms with Crippen LogP contribution in [-0.4, -0.2) is 24.7 Å². The van der Waals surface area contributed by atoms with Gasteiger partial charge in [0.2, 0.25) is 0 Å². The molecule has 18 heavy (non-hydrogen) atoms. The molecule has 0 amide bonds. The fraction of sp³-hybridized carbons (Fsp3) is 0.500. The minimum absolute atomic E-state index is 0.339. The SMILES string of the molecule is COc1ccc(C(C)C)cc1C(CCN)C(=O)O. The summed E-state index contributed by atoms with van der Waals surface area (Å²) in [7, 11) is 1.55. The highest BCUT2D eigenvalue weighted by Gasteiger charge is 2.23. The van der Waals surface area contributed by atoms with Crippen LogP contribution in [0.3, 0.4) is 0 Å². The standard InChI is InChI=1S/C14H21NO3/c1-9(2)10-4-5-13(18-3)12(8-10)11(6-7-15)14(16)17/h4-5,8-9,11H,6-7,15H2,1-3H3,(H,16,17). The molecule has 4 heteroatoms. The molecular formula is C14H21NO3. The number of hydrogen-bond donors (Lipinski definition) is 2. The minimum Gasteiger partial charge on any atom is -0.496 e. The largest absolute Gasteiger partial charge is 0.496 e. The topological polar surface area (TPSA) is 72.5 Å². The lowest BCUT2D eigenvalue weighted by atomic mass is 9.91. The molecule has 0 saturated carbocycles. The second kappa shape index (κ2) is 6.40. The molecule has 1 aromatic carbocycles. The van der Waals surface area contributed by atoms with E-state index in [2.05, 4.69) is 13.8 Å². The van der Waals surface area contributed by atoms with Crippen LogP contribution in [0.5, 0.6) is 5.75 Å². The predicted molar refractivity (Wildman–Crippen MR) is 71.1 cm³/mol. The van der Waals surface area contributed by atoms with Crippen molar-refractivity contribution in [2.24, 2.45) is 5.73 Å². The van der Waals surface area contributed by atoms with E-state index in [9.17, 15) is 9.90 Å². The molecule has 0 aromatic heterocycles. The van der Waals surface area contributed by atoms with Crippen LogP contribution in [0.25, 0.3) is 0 Å². The molecule has 1 rings (SSSR count). The number of methoxy groups -OCH3 is 1. The first-order valence-electron chi connectivity index (χ1n) is 6.12. The Hall–Kier alpha value is -1.55. The normalized spacial score (nSPS) is 12.5. The number of aliphatic carboxylic acids is 1. The van der Waals surface area contributed by atoms with E-state index in [4.69, 9.17) is 10.5 Å². The van der Waals surface area contributed by atoms with Crippen LogP contribution in [0.1, 0.15) is 43.2 Å². The van der Waals surface area contributed by atoms with Crippen molar-refractivity contribution >= 4 is 5.97 Å². The summed E-state index contributed by atoms with van der Waals surface area (Å²) < 4.78 is 5.25. The maximum Gasteiger partial charge on any atom is 0.311 e. The molecule has 1 unspecified atom stereocenters. The van der Waals surface area contributed by atoms with Gasteiger partial charge in [0, 0.05) is 5.56 Å². The highest BCUT2D eigenvalue weighted by Crippen LogP contribution is 2.32. The van der Waals surface area contributed by atoms with E-state index >= 15 is 0 Å². The summed E-state index contributed by atoms with van der Waals surface area (Å²) in [6.45, 7) is 4.49. The number of hydrogen-bond acceptors (Lipinski definition) is 3. The molecule has 0 fully saturated rings. The first-order chi connectivity index (χ1) is 8.51. The Kier molecular flexibility index (Phi) is 5.16. The van der Waals surface area contributed by atoms with Gasteiger partial charge >= 0.3 is 5.97 Å². The van der Waals surface area contributed by atoms with Gasteiger partial charge in [0.25, 0.3) is 0 Å². The molecule has 0 radical (unpaired) electrons. The van der Waals surface area contributed by atoms with Gasteiger partial charge in [-0.05, 0) is 30.5 Å². The van der Waals surface area contributed by atoms with E-state index in [1.54, 1.807) is 7.11 Å². The molecule has 0 spiro atoms. The van der Waals surface area contributed by atoms with Gasteiger partial charge in [-0.2, -0.15) is 0 Å². The monoisotopic (exact) mass is 251 g/mol. The summed E-state index contributed by atoms with van der Waals surface area (Å²) in [5.74, 6) is -0.509. The average molecular weight is 251 g/mol. The van der Waals surface area contributed by atoms with E-state index in [1.165, 1.54) is 0 Å². The Morgan fingerprint density at radius 1 is 1.44 bits per heavy atom. The van der Waals surface area contributed by atoms with Crippen molar-refractivity contribution in [2.75, 3.05) is 13.7 Å². The Labute approximate surface area is 108 Å². The predicted octanol–water partition coefficient (Wildman–Crippen LogP) is 2.34. The third kappa shape index (κ3) is 3.23. The van der Waals surface area contributed by atoms with Gasteiger partial charge < -0.3 is 15.6 Å². The van der Waals surface area contributed by atoms with E-state index in [0.717, 1.165) is 5.56 Å². The molecule has 1 aromatic rings. The van der Waals surface area contributed by atoms with Crippen molar-refractivity contribution < 1.29 is 14.6 Å². The molecule has 0 aliphatic carbocycles. The molecular weight excluding hydrogens is 230 g/mol. The first-order valence-corrected chi connectivity index (χ1v) is 6.12. The molecule has 1 atom stereocenters. The fourth-order valence-electron chi connectivity index (χ4n) is 1.96. The van der Waals surface area contributed by atoms with Gasteiger partial charge in [0.15, 0.2) is 0 Å². The van der Waals surface area contributed by atoms with Gasteiger partial charge in [-0.25, -0.2) is 0 Å². The highest BCUT2D eigenvalue weighted by molar-refractivity contribution is 5.77. The molecule has 0 bridgehead atoms.